The lowest BCUT2D eigenvalue weighted by Crippen LogP contribution is -2.50. The van der Waals surface area contributed by atoms with Crippen LogP contribution in [-0.2, 0) is 14.3 Å². The number of hydrogen-bond acceptors (Lipinski definition) is 4. The molecule has 1 aromatic heterocycles. The van der Waals surface area contributed by atoms with Gasteiger partial charge in [-0.2, -0.15) is 0 Å². The van der Waals surface area contributed by atoms with Gasteiger partial charge in [0.05, 0.1) is 11.6 Å². The van der Waals surface area contributed by atoms with Crippen LogP contribution >= 0.6 is 0 Å². The number of carboxylic acid groups (broad SMARTS) is 1. The predicted molar refractivity (Wildman–Crippen MR) is 74.6 cm³/mol. The Bertz CT molecular complexity index is 710. The van der Waals surface area contributed by atoms with Gasteiger partial charge in [-0.15, -0.1) is 0 Å². The molecule has 1 aliphatic rings. The first-order chi connectivity index (χ1) is 10.1. The molecule has 108 valence electrons. The van der Waals surface area contributed by atoms with Gasteiger partial charge in [0.15, 0.2) is 6.10 Å². The van der Waals surface area contributed by atoms with Crippen molar-refractivity contribution in [2.75, 3.05) is 13.7 Å². The molecule has 2 heterocycles. The third-order valence-electron chi connectivity index (χ3n) is 3.71. The van der Waals surface area contributed by atoms with Crippen molar-refractivity contribution < 1.29 is 19.4 Å². The first-order valence-corrected chi connectivity index (χ1v) is 6.53. The Labute approximate surface area is 121 Å². The van der Waals surface area contributed by atoms with E-state index in [2.05, 4.69) is 4.98 Å². The third kappa shape index (κ3) is 2.23. The van der Waals surface area contributed by atoms with Crippen molar-refractivity contribution in [2.24, 2.45) is 0 Å². The molecule has 0 bridgehead atoms. The summed E-state index contributed by atoms with van der Waals surface area (Å²) >= 11 is 0. The molecule has 21 heavy (non-hydrogen) atoms. The summed E-state index contributed by atoms with van der Waals surface area (Å²) in [6, 6.07) is 8.52. The smallest absolute Gasteiger partial charge is 0.335 e. The van der Waals surface area contributed by atoms with Gasteiger partial charge in [0.1, 0.15) is 6.61 Å². The van der Waals surface area contributed by atoms with Crippen LogP contribution in [0.1, 0.15) is 11.6 Å². The number of hydrogen-bond donors (Lipinski definition) is 1. The van der Waals surface area contributed by atoms with Crippen molar-refractivity contribution in [2.45, 2.75) is 12.1 Å². The van der Waals surface area contributed by atoms with E-state index in [0.717, 1.165) is 5.39 Å². The SMILES string of the molecule is CN1C(=O)COC(C(=O)O)C1c1cccc2cccnc12. The summed E-state index contributed by atoms with van der Waals surface area (Å²) in [6.07, 6.45) is 0.549. The highest BCUT2D eigenvalue weighted by molar-refractivity contribution is 5.87. The van der Waals surface area contributed by atoms with E-state index in [9.17, 15) is 14.7 Å². The molecule has 1 saturated heterocycles. The van der Waals surface area contributed by atoms with Crippen LogP contribution in [0.3, 0.4) is 0 Å². The molecule has 6 heteroatoms. The maximum absolute atomic E-state index is 11.9. The number of carbonyl (C=O) groups is 2. The van der Waals surface area contributed by atoms with E-state index in [-0.39, 0.29) is 12.5 Å². The van der Waals surface area contributed by atoms with Gasteiger partial charge in [-0.05, 0) is 6.07 Å². The maximum Gasteiger partial charge on any atom is 0.335 e. The fourth-order valence-electron chi connectivity index (χ4n) is 2.66. The van der Waals surface area contributed by atoms with Gasteiger partial charge in [0.2, 0.25) is 5.91 Å². The molecule has 6 nitrogen and oxygen atoms in total. The average Bonchev–Trinajstić information content (AvgIpc) is 2.49. The van der Waals surface area contributed by atoms with E-state index in [1.165, 1.54) is 4.90 Å². The van der Waals surface area contributed by atoms with Crippen LogP contribution in [0.4, 0.5) is 0 Å². The number of carbonyl (C=O) groups excluding carboxylic acids is 1. The summed E-state index contributed by atoms with van der Waals surface area (Å²) in [5, 5.41) is 10.3. The average molecular weight is 286 g/mol. The fraction of sp³-hybridized carbons (Fsp3) is 0.267. The predicted octanol–water partition coefficient (Wildman–Crippen LogP) is 1.22. The van der Waals surface area contributed by atoms with Gasteiger partial charge < -0.3 is 14.7 Å². The fourth-order valence-corrected chi connectivity index (χ4v) is 2.66. The molecule has 0 radical (unpaired) electrons. The number of benzene rings is 1. The Kier molecular flexibility index (Phi) is 3.31. The summed E-state index contributed by atoms with van der Waals surface area (Å²) in [5.41, 5.74) is 1.36. The molecule has 0 aliphatic carbocycles. The number of amides is 1. The van der Waals surface area contributed by atoms with E-state index in [4.69, 9.17) is 4.74 Å². The zero-order valence-electron chi connectivity index (χ0n) is 11.4. The standard InChI is InChI=1S/C15H14N2O4/c1-17-11(18)8-21-14(15(19)20)13(17)10-6-2-4-9-5-3-7-16-12(9)10/h2-7,13-14H,8H2,1H3,(H,19,20). The molecule has 1 amide bonds. The van der Waals surface area contributed by atoms with E-state index in [1.54, 1.807) is 19.3 Å². The molecule has 2 unspecified atom stereocenters. The minimum absolute atomic E-state index is 0.220. The second-order valence-electron chi connectivity index (χ2n) is 4.94. The van der Waals surface area contributed by atoms with Crippen LogP contribution < -0.4 is 0 Å². The van der Waals surface area contributed by atoms with Gasteiger partial charge in [0, 0.05) is 24.2 Å². The van der Waals surface area contributed by atoms with Crippen molar-refractivity contribution in [3.63, 3.8) is 0 Å². The molecule has 1 aliphatic heterocycles. The van der Waals surface area contributed by atoms with Crippen molar-refractivity contribution in [3.8, 4) is 0 Å². The van der Waals surface area contributed by atoms with Gasteiger partial charge in [-0.1, -0.05) is 24.3 Å². The molecule has 2 aromatic rings. The number of rotatable bonds is 2. The second-order valence-corrected chi connectivity index (χ2v) is 4.94. The number of likely N-dealkylation sites (N-methyl/N-ethyl adjacent to an activating group) is 1. The highest BCUT2D eigenvalue weighted by Gasteiger charge is 2.40. The number of aliphatic carboxylic acids is 1. The highest BCUT2D eigenvalue weighted by atomic mass is 16.5. The first-order valence-electron chi connectivity index (χ1n) is 6.53. The highest BCUT2D eigenvalue weighted by Crippen LogP contribution is 2.32. The largest absolute Gasteiger partial charge is 0.479 e. The normalized spacial score (nSPS) is 22.5. The first kappa shape index (κ1) is 13.5. The molecule has 3 rings (SSSR count). The Balaban J connectivity index is 2.17. The van der Waals surface area contributed by atoms with Crippen molar-refractivity contribution >= 4 is 22.8 Å². The molecular weight excluding hydrogens is 272 g/mol. The van der Waals surface area contributed by atoms with E-state index < -0.39 is 18.1 Å². The quantitative estimate of drug-likeness (QED) is 0.897. The topological polar surface area (TPSA) is 79.7 Å². The van der Waals surface area contributed by atoms with Gasteiger partial charge in [0.25, 0.3) is 0 Å². The summed E-state index contributed by atoms with van der Waals surface area (Å²) < 4.78 is 5.22. The molecular formula is C15H14N2O4. The Morgan fingerprint density at radius 3 is 2.90 bits per heavy atom. The van der Waals surface area contributed by atoms with Crippen LogP contribution in [0.25, 0.3) is 10.9 Å². The Morgan fingerprint density at radius 1 is 1.38 bits per heavy atom. The number of carboxylic acids is 1. The zero-order valence-corrected chi connectivity index (χ0v) is 11.4. The van der Waals surface area contributed by atoms with Crippen LogP contribution in [0.2, 0.25) is 0 Å². The number of aromatic nitrogens is 1. The zero-order chi connectivity index (χ0) is 15.0. The monoisotopic (exact) mass is 286 g/mol. The number of morpholine rings is 1. The van der Waals surface area contributed by atoms with E-state index in [1.807, 2.05) is 24.3 Å². The number of para-hydroxylation sites is 1. The summed E-state index contributed by atoms with van der Waals surface area (Å²) in [4.78, 5) is 29.1. The third-order valence-corrected chi connectivity index (χ3v) is 3.71. The van der Waals surface area contributed by atoms with Crippen molar-refractivity contribution in [1.82, 2.24) is 9.88 Å². The summed E-state index contributed by atoms with van der Waals surface area (Å²) in [7, 11) is 1.59. The second kappa shape index (κ2) is 5.14. The van der Waals surface area contributed by atoms with Gasteiger partial charge in [-0.3, -0.25) is 9.78 Å². The lowest BCUT2D eigenvalue weighted by atomic mass is 9.95. The van der Waals surface area contributed by atoms with Gasteiger partial charge in [-0.25, -0.2) is 4.79 Å². The summed E-state index contributed by atoms with van der Waals surface area (Å²) in [6.45, 7) is -0.220. The Morgan fingerprint density at radius 2 is 2.14 bits per heavy atom. The Hall–Kier alpha value is -2.47. The molecule has 2 atom stereocenters. The minimum Gasteiger partial charge on any atom is -0.479 e. The molecule has 1 fully saturated rings. The number of nitrogens with zero attached hydrogens (tertiary/aromatic N) is 2. The van der Waals surface area contributed by atoms with Crippen LogP contribution in [0.5, 0.6) is 0 Å². The van der Waals surface area contributed by atoms with Crippen molar-refractivity contribution in [1.29, 1.82) is 0 Å². The lowest BCUT2D eigenvalue weighted by Gasteiger charge is -2.37. The number of pyridine rings is 1. The van der Waals surface area contributed by atoms with Crippen molar-refractivity contribution in [3.05, 3.63) is 42.1 Å². The summed E-state index contributed by atoms with van der Waals surface area (Å²) in [5.74, 6) is -1.34. The van der Waals surface area contributed by atoms with Crippen LogP contribution in [-0.4, -0.2) is 46.6 Å². The van der Waals surface area contributed by atoms with Crippen LogP contribution in [0, 0.1) is 0 Å². The molecule has 1 aromatic carbocycles. The number of ether oxygens (including phenoxy) is 1. The molecule has 0 saturated carbocycles. The van der Waals surface area contributed by atoms with E-state index in [0.29, 0.717) is 11.1 Å². The maximum atomic E-state index is 11.9. The van der Waals surface area contributed by atoms with Crippen LogP contribution in [0.15, 0.2) is 36.5 Å². The molecule has 1 N–H and O–H groups in total. The van der Waals surface area contributed by atoms with E-state index >= 15 is 0 Å². The van der Waals surface area contributed by atoms with Gasteiger partial charge >= 0.3 is 5.97 Å². The lowest BCUT2D eigenvalue weighted by molar-refractivity contribution is -0.171. The number of fused-ring (bicyclic) bond motifs is 1. The minimum atomic E-state index is -1.10. The molecule has 0 spiro atoms.